The Kier molecular flexibility index (Phi) is 10.0. The van der Waals surface area contributed by atoms with Crippen LogP contribution >= 0.6 is 0 Å². The van der Waals surface area contributed by atoms with E-state index in [-0.39, 0.29) is 0 Å². The maximum Gasteiger partial charge on any atom is 0.0109 e. The molecular weight excluding hydrogens is 244 g/mol. The van der Waals surface area contributed by atoms with Gasteiger partial charge in [-0.1, -0.05) is 32.9 Å². The third kappa shape index (κ3) is 6.90. The highest BCUT2D eigenvalue weighted by Gasteiger charge is 2.18. The van der Waals surface area contributed by atoms with Gasteiger partial charge in [0, 0.05) is 19.6 Å². The molecule has 2 nitrogen and oxygen atoms in total. The largest absolute Gasteiger partial charge is 0.302 e. The number of allylic oxidation sites excluding steroid dienone is 2. The van der Waals surface area contributed by atoms with Crippen molar-refractivity contribution in [3.63, 3.8) is 0 Å². The van der Waals surface area contributed by atoms with Gasteiger partial charge in [-0.2, -0.15) is 0 Å². The van der Waals surface area contributed by atoms with Crippen LogP contribution in [0.25, 0.3) is 0 Å². The molecule has 1 saturated heterocycles. The topological polar surface area (TPSA) is 6.48 Å². The van der Waals surface area contributed by atoms with Crippen molar-refractivity contribution in [2.45, 2.75) is 59.3 Å². The Morgan fingerprint density at radius 1 is 0.900 bits per heavy atom. The maximum atomic E-state index is 2.73. The molecule has 2 rings (SSSR count). The first kappa shape index (κ1) is 17.7. The second-order valence-corrected chi connectivity index (χ2v) is 5.99. The SMILES string of the molecule is CC.CCCN1CCCN(CC2CCC=CCC2)CC1. The molecule has 0 atom stereocenters. The summed E-state index contributed by atoms with van der Waals surface area (Å²) in [5.41, 5.74) is 0. The number of rotatable bonds is 4. The first-order valence-electron chi connectivity index (χ1n) is 8.98. The van der Waals surface area contributed by atoms with Crippen LogP contribution in [0.2, 0.25) is 0 Å². The fourth-order valence-corrected chi connectivity index (χ4v) is 3.34. The Labute approximate surface area is 127 Å². The summed E-state index contributed by atoms with van der Waals surface area (Å²) in [6.07, 6.45) is 12.9. The fourth-order valence-electron chi connectivity index (χ4n) is 3.34. The fraction of sp³-hybridized carbons (Fsp3) is 0.889. The third-order valence-corrected chi connectivity index (χ3v) is 4.39. The second-order valence-electron chi connectivity index (χ2n) is 5.99. The summed E-state index contributed by atoms with van der Waals surface area (Å²) >= 11 is 0. The molecule has 0 saturated carbocycles. The van der Waals surface area contributed by atoms with E-state index in [4.69, 9.17) is 0 Å². The van der Waals surface area contributed by atoms with Gasteiger partial charge in [0.1, 0.15) is 0 Å². The van der Waals surface area contributed by atoms with Gasteiger partial charge < -0.3 is 9.80 Å². The highest BCUT2D eigenvalue weighted by atomic mass is 15.2. The van der Waals surface area contributed by atoms with Gasteiger partial charge in [0.25, 0.3) is 0 Å². The third-order valence-electron chi connectivity index (χ3n) is 4.39. The van der Waals surface area contributed by atoms with Crippen molar-refractivity contribution in [1.29, 1.82) is 0 Å². The molecule has 0 radical (unpaired) electrons. The molecule has 1 aliphatic carbocycles. The lowest BCUT2D eigenvalue weighted by molar-refractivity contribution is 0.219. The molecule has 1 heterocycles. The van der Waals surface area contributed by atoms with Crippen molar-refractivity contribution in [3.05, 3.63) is 12.2 Å². The van der Waals surface area contributed by atoms with Crippen LogP contribution in [-0.2, 0) is 0 Å². The predicted molar refractivity (Wildman–Crippen MR) is 90.2 cm³/mol. The summed E-state index contributed by atoms with van der Waals surface area (Å²) in [5.74, 6) is 0.942. The smallest absolute Gasteiger partial charge is 0.0109 e. The van der Waals surface area contributed by atoms with E-state index in [1.807, 2.05) is 13.8 Å². The van der Waals surface area contributed by atoms with Crippen molar-refractivity contribution >= 4 is 0 Å². The van der Waals surface area contributed by atoms with Gasteiger partial charge in [-0.15, -0.1) is 0 Å². The second kappa shape index (κ2) is 11.3. The molecule has 2 aliphatic rings. The van der Waals surface area contributed by atoms with E-state index in [2.05, 4.69) is 28.9 Å². The van der Waals surface area contributed by atoms with Gasteiger partial charge in [0.05, 0.1) is 0 Å². The molecule has 2 heteroatoms. The summed E-state index contributed by atoms with van der Waals surface area (Å²) in [6.45, 7) is 14.2. The molecule has 1 fully saturated rings. The first-order chi connectivity index (χ1) is 9.88. The lowest BCUT2D eigenvalue weighted by Gasteiger charge is -2.25. The standard InChI is InChI=1S/C16H30N2.C2H6/c1-2-10-17-11-7-12-18(14-13-17)15-16-8-5-3-4-6-9-16;1-2/h3-4,16H,2,5-15H2,1H3;1-2H3. The Morgan fingerprint density at radius 2 is 1.50 bits per heavy atom. The molecule has 0 aromatic carbocycles. The molecular formula is C18H36N2. The van der Waals surface area contributed by atoms with Gasteiger partial charge in [-0.05, 0) is 64.1 Å². The highest BCUT2D eigenvalue weighted by molar-refractivity contribution is 4.87. The van der Waals surface area contributed by atoms with Crippen LogP contribution in [0.3, 0.4) is 0 Å². The average Bonchev–Trinajstić information content (AvgIpc) is 2.86. The van der Waals surface area contributed by atoms with Crippen LogP contribution in [0.4, 0.5) is 0 Å². The van der Waals surface area contributed by atoms with Gasteiger partial charge in [-0.25, -0.2) is 0 Å². The minimum absolute atomic E-state index is 0.942. The zero-order chi connectivity index (χ0) is 14.6. The normalized spacial score (nSPS) is 22.8. The van der Waals surface area contributed by atoms with Crippen LogP contribution in [-0.4, -0.2) is 49.1 Å². The van der Waals surface area contributed by atoms with Gasteiger partial charge in [-0.3, -0.25) is 0 Å². The van der Waals surface area contributed by atoms with Crippen molar-refractivity contribution in [1.82, 2.24) is 9.80 Å². The maximum absolute atomic E-state index is 2.73. The molecule has 0 unspecified atom stereocenters. The van der Waals surface area contributed by atoms with Crippen LogP contribution in [0.5, 0.6) is 0 Å². The number of hydrogen-bond donors (Lipinski definition) is 0. The molecule has 0 aromatic heterocycles. The zero-order valence-corrected chi connectivity index (χ0v) is 14.1. The molecule has 0 aromatic rings. The average molecular weight is 281 g/mol. The molecule has 118 valence electrons. The highest BCUT2D eigenvalue weighted by Crippen LogP contribution is 2.20. The molecule has 0 amide bonds. The molecule has 0 N–H and O–H groups in total. The quantitative estimate of drug-likeness (QED) is 0.713. The van der Waals surface area contributed by atoms with E-state index in [9.17, 15) is 0 Å². The van der Waals surface area contributed by atoms with E-state index in [1.165, 1.54) is 77.8 Å². The summed E-state index contributed by atoms with van der Waals surface area (Å²) in [4.78, 5) is 5.38. The minimum Gasteiger partial charge on any atom is -0.302 e. The van der Waals surface area contributed by atoms with E-state index < -0.39 is 0 Å². The van der Waals surface area contributed by atoms with Crippen molar-refractivity contribution < 1.29 is 0 Å². The summed E-state index contributed by atoms with van der Waals surface area (Å²) < 4.78 is 0. The summed E-state index contributed by atoms with van der Waals surface area (Å²) in [6, 6.07) is 0. The van der Waals surface area contributed by atoms with Crippen LogP contribution < -0.4 is 0 Å². The first-order valence-corrected chi connectivity index (χ1v) is 8.98. The summed E-state index contributed by atoms with van der Waals surface area (Å²) in [7, 11) is 0. The Balaban J connectivity index is 0.000000956. The zero-order valence-electron chi connectivity index (χ0n) is 14.1. The molecule has 1 aliphatic heterocycles. The van der Waals surface area contributed by atoms with Crippen LogP contribution in [0.1, 0.15) is 59.3 Å². The van der Waals surface area contributed by atoms with Crippen LogP contribution in [0.15, 0.2) is 12.2 Å². The summed E-state index contributed by atoms with van der Waals surface area (Å²) in [5, 5.41) is 0. The van der Waals surface area contributed by atoms with Crippen molar-refractivity contribution in [3.8, 4) is 0 Å². The van der Waals surface area contributed by atoms with Crippen molar-refractivity contribution in [2.24, 2.45) is 5.92 Å². The van der Waals surface area contributed by atoms with Gasteiger partial charge in [0.15, 0.2) is 0 Å². The van der Waals surface area contributed by atoms with E-state index >= 15 is 0 Å². The molecule has 0 spiro atoms. The Morgan fingerprint density at radius 3 is 2.15 bits per heavy atom. The number of hydrogen-bond acceptors (Lipinski definition) is 2. The van der Waals surface area contributed by atoms with E-state index in [0.717, 1.165) is 5.92 Å². The lowest BCUT2D eigenvalue weighted by Crippen LogP contribution is -2.34. The Hall–Kier alpha value is -0.340. The minimum atomic E-state index is 0.942. The van der Waals surface area contributed by atoms with E-state index in [0.29, 0.717) is 0 Å². The molecule has 20 heavy (non-hydrogen) atoms. The number of nitrogens with zero attached hydrogens (tertiary/aromatic N) is 2. The van der Waals surface area contributed by atoms with Crippen LogP contribution in [0, 0.1) is 5.92 Å². The van der Waals surface area contributed by atoms with Gasteiger partial charge in [0.2, 0.25) is 0 Å². The van der Waals surface area contributed by atoms with Gasteiger partial charge >= 0.3 is 0 Å². The monoisotopic (exact) mass is 280 g/mol. The lowest BCUT2D eigenvalue weighted by atomic mass is 9.99. The van der Waals surface area contributed by atoms with Crippen molar-refractivity contribution in [2.75, 3.05) is 39.3 Å². The Bertz CT molecular complexity index is 240. The predicted octanol–water partition coefficient (Wildman–Crippen LogP) is 4.18. The molecule has 0 bridgehead atoms. The van der Waals surface area contributed by atoms with E-state index in [1.54, 1.807) is 0 Å².